The standard InChI is InChI=1S/C13H17NO6S/c1-2-8-3-4-9(13(17)18)5-12(8)21(19,20)14-6-10(15)11(16)7-14/h3-5,10-11,15-16H,2,6-7H2,1H3,(H,17,18). The summed E-state index contributed by atoms with van der Waals surface area (Å²) in [5.41, 5.74) is 0.377. The number of carbonyl (C=O) groups is 1. The third kappa shape index (κ3) is 2.93. The quantitative estimate of drug-likeness (QED) is 0.701. The van der Waals surface area contributed by atoms with E-state index in [2.05, 4.69) is 0 Å². The zero-order valence-electron chi connectivity index (χ0n) is 11.4. The molecule has 2 unspecified atom stereocenters. The Kier molecular flexibility index (Phi) is 4.33. The minimum absolute atomic E-state index is 0.0915. The highest BCUT2D eigenvalue weighted by molar-refractivity contribution is 7.89. The lowest BCUT2D eigenvalue weighted by atomic mass is 10.1. The highest BCUT2D eigenvalue weighted by atomic mass is 32.2. The molecule has 21 heavy (non-hydrogen) atoms. The number of hydrogen-bond donors (Lipinski definition) is 3. The van der Waals surface area contributed by atoms with E-state index < -0.39 is 28.2 Å². The predicted octanol–water partition coefficient (Wildman–Crippen LogP) is -0.327. The molecule has 116 valence electrons. The maximum atomic E-state index is 12.6. The molecule has 0 bridgehead atoms. The summed E-state index contributed by atoms with van der Waals surface area (Å²) < 4.78 is 26.2. The smallest absolute Gasteiger partial charge is 0.335 e. The van der Waals surface area contributed by atoms with E-state index in [1.165, 1.54) is 12.1 Å². The van der Waals surface area contributed by atoms with Gasteiger partial charge in [-0.05, 0) is 24.1 Å². The van der Waals surface area contributed by atoms with E-state index in [0.717, 1.165) is 10.4 Å². The van der Waals surface area contributed by atoms with Crippen molar-refractivity contribution in [3.8, 4) is 0 Å². The van der Waals surface area contributed by atoms with Gasteiger partial charge in [-0.2, -0.15) is 4.31 Å². The lowest BCUT2D eigenvalue weighted by Gasteiger charge is -2.18. The molecular formula is C13H17NO6S. The van der Waals surface area contributed by atoms with Gasteiger partial charge < -0.3 is 15.3 Å². The number of rotatable bonds is 4. The van der Waals surface area contributed by atoms with Crippen LogP contribution in [0.25, 0.3) is 0 Å². The molecule has 1 aromatic carbocycles. The van der Waals surface area contributed by atoms with Crippen LogP contribution in [0.2, 0.25) is 0 Å². The second-order valence-corrected chi connectivity index (χ2v) is 6.84. The fraction of sp³-hybridized carbons (Fsp3) is 0.462. The first-order valence-corrected chi connectivity index (χ1v) is 7.94. The number of nitrogens with zero attached hydrogens (tertiary/aromatic N) is 1. The monoisotopic (exact) mass is 315 g/mol. The summed E-state index contributed by atoms with van der Waals surface area (Å²) >= 11 is 0. The van der Waals surface area contributed by atoms with E-state index >= 15 is 0 Å². The average Bonchev–Trinajstić information content (AvgIpc) is 2.78. The molecule has 1 heterocycles. The van der Waals surface area contributed by atoms with Crippen molar-refractivity contribution in [2.24, 2.45) is 0 Å². The highest BCUT2D eigenvalue weighted by Gasteiger charge is 2.38. The van der Waals surface area contributed by atoms with Gasteiger partial charge in [0.2, 0.25) is 10.0 Å². The number of carboxylic acid groups (broad SMARTS) is 1. The van der Waals surface area contributed by atoms with E-state index in [1.807, 2.05) is 0 Å². The third-order valence-electron chi connectivity index (χ3n) is 3.54. The number of aromatic carboxylic acids is 1. The number of aliphatic hydroxyl groups is 2. The van der Waals surface area contributed by atoms with Gasteiger partial charge in [0.05, 0.1) is 22.7 Å². The molecule has 3 N–H and O–H groups in total. The van der Waals surface area contributed by atoms with E-state index in [0.29, 0.717) is 12.0 Å². The molecule has 0 saturated carbocycles. The van der Waals surface area contributed by atoms with Gasteiger partial charge in [-0.15, -0.1) is 0 Å². The van der Waals surface area contributed by atoms with Crippen LogP contribution >= 0.6 is 0 Å². The average molecular weight is 315 g/mol. The van der Waals surface area contributed by atoms with Gasteiger partial charge >= 0.3 is 5.97 Å². The van der Waals surface area contributed by atoms with Crippen LogP contribution in [0.5, 0.6) is 0 Å². The lowest BCUT2D eigenvalue weighted by Crippen LogP contribution is -2.31. The lowest BCUT2D eigenvalue weighted by molar-refractivity contribution is 0.0572. The van der Waals surface area contributed by atoms with Crippen LogP contribution in [0.4, 0.5) is 0 Å². The Hall–Kier alpha value is -1.48. The minimum Gasteiger partial charge on any atom is -0.478 e. The van der Waals surface area contributed by atoms with Crippen LogP contribution < -0.4 is 0 Å². The van der Waals surface area contributed by atoms with Gasteiger partial charge in [0.25, 0.3) is 0 Å². The number of hydrogen-bond acceptors (Lipinski definition) is 5. The molecule has 7 nitrogen and oxygen atoms in total. The summed E-state index contributed by atoms with van der Waals surface area (Å²) in [4.78, 5) is 10.9. The normalized spacial score (nSPS) is 23.4. The molecule has 1 aliphatic rings. The number of β-amino-alcohol motifs (C(OH)–C–C–N with tert-alkyl or cyclic N) is 2. The molecule has 1 saturated heterocycles. The van der Waals surface area contributed by atoms with Gasteiger partial charge in [-0.3, -0.25) is 0 Å². The van der Waals surface area contributed by atoms with Crippen molar-refractivity contribution < 1.29 is 28.5 Å². The first kappa shape index (κ1) is 15.9. The Morgan fingerprint density at radius 3 is 2.33 bits per heavy atom. The van der Waals surface area contributed by atoms with Gasteiger partial charge in [0.15, 0.2) is 0 Å². The van der Waals surface area contributed by atoms with Crippen LogP contribution in [0, 0.1) is 0 Å². The summed E-state index contributed by atoms with van der Waals surface area (Å²) in [6.45, 7) is 1.36. The number of aliphatic hydroxyl groups excluding tert-OH is 2. The largest absolute Gasteiger partial charge is 0.478 e. The van der Waals surface area contributed by atoms with Crippen molar-refractivity contribution >= 4 is 16.0 Å². The molecule has 8 heteroatoms. The summed E-state index contributed by atoms with van der Waals surface area (Å²) in [7, 11) is -3.95. The fourth-order valence-corrected chi connectivity index (χ4v) is 4.09. The molecular weight excluding hydrogens is 298 g/mol. The second kappa shape index (κ2) is 5.72. The van der Waals surface area contributed by atoms with Crippen molar-refractivity contribution in [3.05, 3.63) is 29.3 Å². The van der Waals surface area contributed by atoms with Crippen LogP contribution in [-0.2, 0) is 16.4 Å². The Labute approximate surface area is 122 Å². The first-order valence-electron chi connectivity index (χ1n) is 6.50. The van der Waals surface area contributed by atoms with E-state index in [4.69, 9.17) is 5.11 Å². The van der Waals surface area contributed by atoms with Crippen molar-refractivity contribution in [1.29, 1.82) is 0 Å². The van der Waals surface area contributed by atoms with Gasteiger partial charge in [0, 0.05) is 13.1 Å². The third-order valence-corrected chi connectivity index (χ3v) is 5.45. The van der Waals surface area contributed by atoms with E-state index in [9.17, 15) is 23.4 Å². The molecule has 0 radical (unpaired) electrons. The van der Waals surface area contributed by atoms with Crippen LogP contribution in [-0.4, -0.2) is 59.3 Å². The molecule has 1 aromatic rings. The minimum atomic E-state index is -3.95. The summed E-state index contributed by atoms with van der Waals surface area (Å²) in [6, 6.07) is 3.95. The summed E-state index contributed by atoms with van der Waals surface area (Å²) in [5, 5.41) is 28.0. The van der Waals surface area contributed by atoms with Crippen LogP contribution in [0.15, 0.2) is 23.1 Å². The zero-order valence-corrected chi connectivity index (χ0v) is 12.2. The Balaban J connectivity index is 2.48. The molecule has 0 aliphatic carbocycles. The fourth-order valence-electron chi connectivity index (χ4n) is 2.29. The second-order valence-electron chi connectivity index (χ2n) is 4.94. The Bertz CT molecular complexity index is 647. The van der Waals surface area contributed by atoms with Gasteiger partial charge in [-0.1, -0.05) is 13.0 Å². The number of carboxylic acids is 1. The van der Waals surface area contributed by atoms with Gasteiger partial charge in [-0.25, -0.2) is 13.2 Å². The van der Waals surface area contributed by atoms with Crippen molar-refractivity contribution in [3.63, 3.8) is 0 Å². The zero-order chi connectivity index (χ0) is 15.8. The van der Waals surface area contributed by atoms with Crippen LogP contribution in [0.3, 0.4) is 0 Å². The Morgan fingerprint density at radius 1 is 1.29 bits per heavy atom. The number of aryl methyl sites for hydroxylation is 1. The summed E-state index contributed by atoms with van der Waals surface area (Å²) in [5.74, 6) is -1.21. The summed E-state index contributed by atoms with van der Waals surface area (Å²) in [6.07, 6.45) is -1.84. The topological polar surface area (TPSA) is 115 Å². The molecule has 0 spiro atoms. The highest BCUT2D eigenvalue weighted by Crippen LogP contribution is 2.26. The van der Waals surface area contributed by atoms with Crippen molar-refractivity contribution in [2.75, 3.05) is 13.1 Å². The molecule has 0 amide bonds. The molecule has 2 rings (SSSR count). The SMILES string of the molecule is CCc1ccc(C(=O)O)cc1S(=O)(=O)N1CC(O)C(O)C1. The number of sulfonamides is 1. The molecule has 0 aromatic heterocycles. The van der Waals surface area contributed by atoms with Crippen LogP contribution in [0.1, 0.15) is 22.8 Å². The molecule has 2 atom stereocenters. The maximum absolute atomic E-state index is 12.6. The van der Waals surface area contributed by atoms with Crippen molar-refractivity contribution in [2.45, 2.75) is 30.4 Å². The van der Waals surface area contributed by atoms with Gasteiger partial charge in [0.1, 0.15) is 0 Å². The molecule has 1 aliphatic heterocycles. The maximum Gasteiger partial charge on any atom is 0.335 e. The van der Waals surface area contributed by atoms with Crippen molar-refractivity contribution in [1.82, 2.24) is 4.31 Å². The predicted molar refractivity (Wildman–Crippen MR) is 73.6 cm³/mol. The number of benzene rings is 1. The van der Waals surface area contributed by atoms with E-state index in [-0.39, 0.29) is 23.5 Å². The van der Waals surface area contributed by atoms with E-state index in [1.54, 1.807) is 6.92 Å². The Morgan fingerprint density at radius 2 is 1.86 bits per heavy atom. The molecule has 1 fully saturated rings. The first-order chi connectivity index (χ1) is 9.77.